The third-order valence-corrected chi connectivity index (χ3v) is 3.09. The lowest BCUT2D eigenvalue weighted by atomic mass is 10.1. The Kier molecular flexibility index (Phi) is 4.58. The van der Waals surface area contributed by atoms with Gasteiger partial charge in [-0.3, -0.25) is 4.79 Å². The average Bonchev–Trinajstić information content (AvgIpc) is 2.90. The van der Waals surface area contributed by atoms with Crippen molar-refractivity contribution < 1.29 is 9.21 Å². The molecular formula is C14H15ClN2O2. The molecule has 0 fully saturated rings. The number of hydrogen-bond acceptors (Lipinski definition) is 3. The quantitative estimate of drug-likeness (QED) is 0.855. The van der Waals surface area contributed by atoms with Crippen molar-refractivity contribution in [2.24, 2.45) is 0 Å². The molecule has 5 heteroatoms. The maximum absolute atomic E-state index is 12.0. The number of nitrogens with zero attached hydrogens (tertiary/aromatic N) is 1. The number of furan rings is 1. The fraction of sp³-hybridized carbons (Fsp3) is 0.286. The van der Waals surface area contributed by atoms with E-state index in [4.69, 9.17) is 16.0 Å². The maximum atomic E-state index is 12.0. The van der Waals surface area contributed by atoms with Gasteiger partial charge in [0.1, 0.15) is 10.9 Å². The van der Waals surface area contributed by atoms with Gasteiger partial charge >= 0.3 is 0 Å². The molecule has 1 atom stereocenters. The van der Waals surface area contributed by atoms with Gasteiger partial charge in [0.25, 0.3) is 5.91 Å². The second kappa shape index (κ2) is 6.38. The Morgan fingerprint density at radius 2 is 2.32 bits per heavy atom. The second-order valence-electron chi connectivity index (χ2n) is 4.33. The zero-order valence-corrected chi connectivity index (χ0v) is 11.4. The lowest BCUT2D eigenvalue weighted by Gasteiger charge is -2.13. The van der Waals surface area contributed by atoms with Crippen LogP contribution in [0.2, 0.25) is 5.15 Å². The van der Waals surface area contributed by atoms with Crippen LogP contribution in [0.15, 0.2) is 41.1 Å². The minimum Gasteiger partial charge on any atom is -0.469 e. The predicted octanol–water partition coefficient (Wildman–Crippen LogP) is 3.08. The molecule has 2 rings (SSSR count). The molecule has 19 heavy (non-hydrogen) atoms. The zero-order chi connectivity index (χ0) is 13.7. The van der Waals surface area contributed by atoms with Crippen LogP contribution in [-0.4, -0.2) is 16.9 Å². The van der Waals surface area contributed by atoms with E-state index in [1.807, 2.05) is 19.1 Å². The summed E-state index contributed by atoms with van der Waals surface area (Å²) < 4.78 is 5.25. The molecule has 100 valence electrons. The van der Waals surface area contributed by atoms with Gasteiger partial charge in [-0.05, 0) is 37.6 Å². The van der Waals surface area contributed by atoms with E-state index < -0.39 is 0 Å². The van der Waals surface area contributed by atoms with E-state index in [2.05, 4.69) is 10.3 Å². The first-order chi connectivity index (χ1) is 9.16. The standard InChI is InChI=1S/C14H15ClN2O2/c1-10(6-7-11-4-3-9-19-11)17-14(18)12-5-2-8-16-13(12)15/h2-5,8-10H,6-7H2,1H3,(H,17,18). The molecule has 4 nitrogen and oxygen atoms in total. The molecule has 0 aliphatic rings. The number of aromatic nitrogens is 1. The highest BCUT2D eigenvalue weighted by atomic mass is 35.5. The highest BCUT2D eigenvalue weighted by molar-refractivity contribution is 6.32. The fourth-order valence-electron chi connectivity index (χ4n) is 1.74. The summed E-state index contributed by atoms with van der Waals surface area (Å²) in [5, 5.41) is 3.11. The number of aryl methyl sites for hydroxylation is 1. The van der Waals surface area contributed by atoms with Crippen LogP contribution < -0.4 is 5.32 Å². The summed E-state index contributed by atoms with van der Waals surface area (Å²) in [4.78, 5) is 15.9. The highest BCUT2D eigenvalue weighted by Gasteiger charge is 2.13. The molecule has 1 N–H and O–H groups in total. The van der Waals surface area contributed by atoms with Crippen molar-refractivity contribution >= 4 is 17.5 Å². The molecule has 1 amide bonds. The number of nitrogens with one attached hydrogen (secondary N) is 1. The van der Waals surface area contributed by atoms with E-state index in [1.165, 1.54) is 0 Å². The number of halogens is 1. The van der Waals surface area contributed by atoms with Crippen LogP contribution in [0.5, 0.6) is 0 Å². The van der Waals surface area contributed by atoms with Crippen LogP contribution in [0.4, 0.5) is 0 Å². The Morgan fingerprint density at radius 3 is 3.00 bits per heavy atom. The Morgan fingerprint density at radius 1 is 1.47 bits per heavy atom. The average molecular weight is 279 g/mol. The third kappa shape index (κ3) is 3.83. The van der Waals surface area contributed by atoms with E-state index in [0.29, 0.717) is 5.56 Å². The number of carbonyl (C=O) groups is 1. The Labute approximate surface area is 116 Å². The van der Waals surface area contributed by atoms with Gasteiger partial charge in [0.05, 0.1) is 11.8 Å². The smallest absolute Gasteiger partial charge is 0.254 e. The van der Waals surface area contributed by atoms with Gasteiger partial charge < -0.3 is 9.73 Å². The molecule has 0 aliphatic heterocycles. The van der Waals surface area contributed by atoms with Crippen molar-refractivity contribution in [2.75, 3.05) is 0 Å². The molecule has 2 aromatic heterocycles. The molecule has 0 saturated heterocycles. The number of amides is 1. The van der Waals surface area contributed by atoms with Crippen molar-refractivity contribution in [3.8, 4) is 0 Å². The summed E-state index contributed by atoms with van der Waals surface area (Å²) in [6.07, 6.45) is 4.79. The summed E-state index contributed by atoms with van der Waals surface area (Å²) in [5.74, 6) is 0.713. The van der Waals surface area contributed by atoms with Crippen LogP contribution >= 0.6 is 11.6 Å². The number of carbonyl (C=O) groups excluding carboxylic acids is 1. The number of rotatable bonds is 5. The summed E-state index contributed by atoms with van der Waals surface area (Å²) >= 11 is 5.87. The molecule has 1 unspecified atom stereocenters. The van der Waals surface area contributed by atoms with E-state index >= 15 is 0 Å². The SMILES string of the molecule is CC(CCc1ccco1)NC(=O)c1cccnc1Cl. The Hall–Kier alpha value is -1.81. The lowest BCUT2D eigenvalue weighted by Crippen LogP contribution is -2.33. The Balaban J connectivity index is 1.87. The predicted molar refractivity (Wildman–Crippen MR) is 73.2 cm³/mol. The topological polar surface area (TPSA) is 55.1 Å². The zero-order valence-electron chi connectivity index (χ0n) is 10.6. The molecule has 0 radical (unpaired) electrons. The van der Waals surface area contributed by atoms with E-state index in [1.54, 1.807) is 24.6 Å². The first-order valence-electron chi connectivity index (χ1n) is 6.10. The van der Waals surface area contributed by atoms with Crippen molar-refractivity contribution in [1.82, 2.24) is 10.3 Å². The molecule has 0 aromatic carbocycles. The van der Waals surface area contributed by atoms with Crippen molar-refractivity contribution in [3.05, 3.63) is 53.2 Å². The molecule has 0 saturated carbocycles. The van der Waals surface area contributed by atoms with Crippen molar-refractivity contribution in [1.29, 1.82) is 0 Å². The molecule has 2 aromatic rings. The number of pyridine rings is 1. The van der Waals surface area contributed by atoms with Crippen LogP contribution in [0.3, 0.4) is 0 Å². The van der Waals surface area contributed by atoms with E-state index in [-0.39, 0.29) is 17.1 Å². The number of hydrogen-bond donors (Lipinski definition) is 1. The fourth-order valence-corrected chi connectivity index (χ4v) is 1.95. The van der Waals surface area contributed by atoms with Gasteiger partial charge in [-0.2, -0.15) is 0 Å². The first kappa shape index (κ1) is 13.6. The molecule has 0 aliphatic carbocycles. The van der Waals surface area contributed by atoms with Gasteiger partial charge in [-0.1, -0.05) is 11.6 Å². The molecule has 0 spiro atoms. The summed E-state index contributed by atoms with van der Waals surface area (Å²) in [6, 6.07) is 7.16. The van der Waals surface area contributed by atoms with Gasteiger partial charge in [-0.25, -0.2) is 4.98 Å². The summed E-state index contributed by atoms with van der Waals surface area (Å²) in [7, 11) is 0. The largest absolute Gasteiger partial charge is 0.469 e. The van der Waals surface area contributed by atoms with Crippen LogP contribution in [0.25, 0.3) is 0 Å². The normalized spacial score (nSPS) is 12.1. The van der Waals surface area contributed by atoms with Gasteiger partial charge in [0.2, 0.25) is 0 Å². The second-order valence-corrected chi connectivity index (χ2v) is 4.69. The molecule has 2 heterocycles. The maximum Gasteiger partial charge on any atom is 0.254 e. The summed E-state index contributed by atoms with van der Waals surface area (Å²) in [6.45, 7) is 1.95. The minimum atomic E-state index is -0.204. The van der Waals surface area contributed by atoms with Crippen LogP contribution in [-0.2, 0) is 6.42 Å². The molecule has 0 bridgehead atoms. The van der Waals surface area contributed by atoms with Crippen LogP contribution in [0.1, 0.15) is 29.5 Å². The van der Waals surface area contributed by atoms with Gasteiger partial charge in [0, 0.05) is 18.7 Å². The van der Waals surface area contributed by atoms with Crippen LogP contribution in [0, 0.1) is 0 Å². The Bertz CT molecular complexity index is 540. The van der Waals surface area contributed by atoms with Crippen molar-refractivity contribution in [3.63, 3.8) is 0 Å². The first-order valence-corrected chi connectivity index (χ1v) is 6.48. The van der Waals surface area contributed by atoms with Gasteiger partial charge in [0.15, 0.2) is 0 Å². The highest BCUT2D eigenvalue weighted by Crippen LogP contribution is 2.12. The monoisotopic (exact) mass is 278 g/mol. The minimum absolute atomic E-state index is 0.0360. The van der Waals surface area contributed by atoms with Gasteiger partial charge in [-0.15, -0.1) is 0 Å². The van der Waals surface area contributed by atoms with E-state index in [0.717, 1.165) is 18.6 Å². The van der Waals surface area contributed by atoms with E-state index in [9.17, 15) is 4.79 Å². The summed E-state index contributed by atoms with van der Waals surface area (Å²) in [5.41, 5.74) is 0.397. The lowest BCUT2D eigenvalue weighted by molar-refractivity contribution is 0.0938. The third-order valence-electron chi connectivity index (χ3n) is 2.79. The van der Waals surface area contributed by atoms with Crippen molar-refractivity contribution in [2.45, 2.75) is 25.8 Å². The molecular weight excluding hydrogens is 264 g/mol.